The first-order valence-electron chi connectivity index (χ1n) is 8.94. The van der Waals surface area contributed by atoms with Gasteiger partial charge in [-0.15, -0.1) is 0 Å². The summed E-state index contributed by atoms with van der Waals surface area (Å²) in [6, 6.07) is 3.30. The number of fused-ring (bicyclic) bond motifs is 1. The SMILES string of the molecule is CCCC[C@H](NC(=O)c1ccc2c(c1)C(=O)N(CCCC)C2=O)C(=O)O. The monoisotopic (exact) mass is 360 g/mol. The number of carbonyl (C=O) groups excluding carboxylic acids is 3. The molecule has 7 heteroatoms. The molecule has 0 spiro atoms. The molecule has 0 saturated carbocycles. The lowest BCUT2D eigenvalue weighted by Gasteiger charge is -2.14. The number of carboxylic acids is 1. The van der Waals surface area contributed by atoms with E-state index in [4.69, 9.17) is 0 Å². The second kappa shape index (κ2) is 8.60. The predicted octanol–water partition coefficient (Wildman–Crippen LogP) is 2.46. The summed E-state index contributed by atoms with van der Waals surface area (Å²) in [6.45, 7) is 4.26. The minimum absolute atomic E-state index is 0.171. The number of benzene rings is 1. The Kier molecular flexibility index (Phi) is 6.49. The summed E-state index contributed by atoms with van der Waals surface area (Å²) in [5, 5.41) is 11.7. The highest BCUT2D eigenvalue weighted by Crippen LogP contribution is 2.24. The average molecular weight is 360 g/mol. The fourth-order valence-electron chi connectivity index (χ4n) is 2.86. The molecule has 0 aromatic heterocycles. The Morgan fingerprint density at radius 2 is 1.73 bits per heavy atom. The molecule has 1 aliphatic rings. The zero-order valence-corrected chi connectivity index (χ0v) is 15.1. The molecule has 0 aliphatic carbocycles. The Hall–Kier alpha value is -2.70. The number of hydrogen-bond donors (Lipinski definition) is 2. The average Bonchev–Trinajstić information content (AvgIpc) is 2.86. The fourth-order valence-corrected chi connectivity index (χ4v) is 2.86. The van der Waals surface area contributed by atoms with Gasteiger partial charge in [-0.2, -0.15) is 0 Å². The molecule has 2 rings (SSSR count). The molecule has 140 valence electrons. The van der Waals surface area contributed by atoms with Crippen LogP contribution in [0.4, 0.5) is 0 Å². The number of carboxylic acid groups (broad SMARTS) is 1. The van der Waals surface area contributed by atoms with Crippen molar-refractivity contribution in [2.75, 3.05) is 6.54 Å². The van der Waals surface area contributed by atoms with Crippen LogP contribution in [0.3, 0.4) is 0 Å². The molecule has 1 aromatic rings. The van der Waals surface area contributed by atoms with Gasteiger partial charge in [-0.1, -0.05) is 33.1 Å². The van der Waals surface area contributed by atoms with Crippen molar-refractivity contribution < 1.29 is 24.3 Å². The number of rotatable bonds is 9. The molecule has 3 amide bonds. The largest absolute Gasteiger partial charge is 0.480 e. The van der Waals surface area contributed by atoms with Crippen LogP contribution in [-0.2, 0) is 4.79 Å². The minimum Gasteiger partial charge on any atom is -0.480 e. The first kappa shape index (κ1) is 19.6. The number of unbranched alkanes of at least 4 members (excludes halogenated alkanes) is 2. The molecule has 0 saturated heterocycles. The predicted molar refractivity (Wildman–Crippen MR) is 95.1 cm³/mol. The van der Waals surface area contributed by atoms with Gasteiger partial charge in [0.2, 0.25) is 0 Å². The van der Waals surface area contributed by atoms with E-state index in [1.165, 1.54) is 23.1 Å². The van der Waals surface area contributed by atoms with Gasteiger partial charge >= 0.3 is 5.97 Å². The first-order chi connectivity index (χ1) is 12.4. The Balaban J connectivity index is 2.17. The van der Waals surface area contributed by atoms with E-state index in [-0.39, 0.29) is 22.6 Å². The summed E-state index contributed by atoms with van der Waals surface area (Å²) in [5.41, 5.74) is 0.646. The molecule has 0 unspecified atom stereocenters. The maximum atomic E-state index is 12.4. The van der Waals surface area contributed by atoms with Gasteiger partial charge in [0.25, 0.3) is 17.7 Å². The van der Waals surface area contributed by atoms with Crippen molar-refractivity contribution in [3.63, 3.8) is 0 Å². The Labute approximate surface area is 152 Å². The Morgan fingerprint density at radius 3 is 2.35 bits per heavy atom. The number of imide groups is 1. The summed E-state index contributed by atoms with van der Waals surface area (Å²) in [4.78, 5) is 49.6. The van der Waals surface area contributed by atoms with Gasteiger partial charge in [0, 0.05) is 12.1 Å². The van der Waals surface area contributed by atoms with Gasteiger partial charge in [-0.3, -0.25) is 19.3 Å². The molecule has 1 heterocycles. The third-order valence-electron chi connectivity index (χ3n) is 4.42. The quantitative estimate of drug-likeness (QED) is 0.658. The van der Waals surface area contributed by atoms with Crippen LogP contribution >= 0.6 is 0 Å². The smallest absolute Gasteiger partial charge is 0.326 e. The third kappa shape index (κ3) is 4.09. The van der Waals surface area contributed by atoms with Crippen LogP contribution in [-0.4, -0.2) is 46.3 Å². The standard InChI is InChI=1S/C19H24N2O5/c1-3-5-7-15(19(25)26)20-16(22)12-8-9-13-14(11-12)18(24)21(17(13)23)10-6-4-2/h8-9,11,15H,3-7,10H2,1-2H3,(H,20,22)(H,25,26)/t15-/m0/s1. The van der Waals surface area contributed by atoms with Gasteiger partial charge in [-0.25, -0.2) is 4.79 Å². The number of carbonyl (C=O) groups is 4. The molecule has 7 nitrogen and oxygen atoms in total. The van der Waals surface area contributed by atoms with Crippen molar-refractivity contribution in [3.8, 4) is 0 Å². The van der Waals surface area contributed by atoms with Crippen molar-refractivity contribution in [1.29, 1.82) is 0 Å². The maximum absolute atomic E-state index is 12.4. The molecule has 0 fully saturated rings. The van der Waals surface area contributed by atoms with Crippen molar-refractivity contribution in [1.82, 2.24) is 10.2 Å². The number of amides is 3. The first-order valence-corrected chi connectivity index (χ1v) is 8.94. The molecular formula is C19H24N2O5. The highest BCUT2D eigenvalue weighted by molar-refractivity contribution is 6.22. The number of hydrogen-bond acceptors (Lipinski definition) is 4. The molecule has 1 aromatic carbocycles. The molecule has 1 atom stereocenters. The van der Waals surface area contributed by atoms with Crippen LogP contribution in [0.1, 0.15) is 77.0 Å². The van der Waals surface area contributed by atoms with E-state index in [1.807, 2.05) is 13.8 Å². The van der Waals surface area contributed by atoms with Crippen LogP contribution in [0.5, 0.6) is 0 Å². The van der Waals surface area contributed by atoms with Crippen molar-refractivity contribution in [2.45, 2.75) is 52.0 Å². The summed E-state index contributed by atoms with van der Waals surface area (Å²) >= 11 is 0. The number of aliphatic carboxylic acids is 1. The van der Waals surface area contributed by atoms with E-state index in [1.54, 1.807) is 0 Å². The third-order valence-corrected chi connectivity index (χ3v) is 4.42. The second-order valence-corrected chi connectivity index (χ2v) is 6.38. The van der Waals surface area contributed by atoms with Crippen LogP contribution in [0.25, 0.3) is 0 Å². The lowest BCUT2D eigenvalue weighted by atomic mass is 10.0. The molecule has 0 radical (unpaired) electrons. The normalized spacial score (nSPS) is 14.3. The van der Waals surface area contributed by atoms with Crippen LogP contribution in [0, 0.1) is 0 Å². The highest BCUT2D eigenvalue weighted by Gasteiger charge is 2.35. The van der Waals surface area contributed by atoms with Crippen molar-refractivity contribution in [3.05, 3.63) is 34.9 Å². The Morgan fingerprint density at radius 1 is 1.08 bits per heavy atom. The van der Waals surface area contributed by atoms with Gasteiger partial charge in [0.05, 0.1) is 11.1 Å². The highest BCUT2D eigenvalue weighted by atomic mass is 16.4. The van der Waals surface area contributed by atoms with E-state index in [9.17, 15) is 24.3 Å². The summed E-state index contributed by atoms with van der Waals surface area (Å²) in [7, 11) is 0. The van der Waals surface area contributed by atoms with E-state index in [2.05, 4.69) is 5.32 Å². The van der Waals surface area contributed by atoms with Crippen molar-refractivity contribution in [2.24, 2.45) is 0 Å². The molecule has 26 heavy (non-hydrogen) atoms. The topological polar surface area (TPSA) is 104 Å². The number of nitrogens with zero attached hydrogens (tertiary/aromatic N) is 1. The fraction of sp³-hybridized carbons (Fsp3) is 0.474. The van der Waals surface area contributed by atoms with E-state index in [0.29, 0.717) is 19.4 Å². The molecule has 2 N–H and O–H groups in total. The minimum atomic E-state index is -1.09. The Bertz CT molecular complexity index is 729. The van der Waals surface area contributed by atoms with Gasteiger partial charge < -0.3 is 10.4 Å². The lowest BCUT2D eigenvalue weighted by Crippen LogP contribution is -2.40. The van der Waals surface area contributed by atoms with Crippen LogP contribution in [0.15, 0.2) is 18.2 Å². The lowest BCUT2D eigenvalue weighted by molar-refractivity contribution is -0.139. The number of nitrogens with one attached hydrogen (secondary N) is 1. The molecule has 1 aliphatic heterocycles. The van der Waals surface area contributed by atoms with Gasteiger partial charge in [0.15, 0.2) is 0 Å². The zero-order valence-electron chi connectivity index (χ0n) is 15.1. The van der Waals surface area contributed by atoms with E-state index < -0.39 is 23.8 Å². The van der Waals surface area contributed by atoms with E-state index >= 15 is 0 Å². The van der Waals surface area contributed by atoms with Crippen LogP contribution in [0.2, 0.25) is 0 Å². The van der Waals surface area contributed by atoms with Crippen LogP contribution < -0.4 is 5.32 Å². The van der Waals surface area contributed by atoms with Gasteiger partial charge in [0.1, 0.15) is 6.04 Å². The molecule has 0 bridgehead atoms. The summed E-state index contributed by atoms with van der Waals surface area (Å²) in [6.07, 6.45) is 3.42. The van der Waals surface area contributed by atoms with Gasteiger partial charge in [-0.05, 0) is 31.0 Å². The summed E-state index contributed by atoms with van der Waals surface area (Å²) < 4.78 is 0. The maximum Gasteiger partial charge on any atom is 0.326 e. The molecular weight excluding hydrogens is 336 g/mol. The van der Waals surface area contributed by atoms with Crippen molar-refractivity contribution >= 4 is 23.7 Å². The summed E-state index contributed by atoms with van der Waals surface area (Å²) in [5.74, 6) is -2.42. The second-order valence-electron chi connectivity index (χ2n) is 6.38. The zero-order chi connectivity index (χ0) is 19.3. The van der Waals surface area contributed by atoms with E-state index in [0.717, 1.165) is 19.3 Å².